The zero-order chi connectivity index (χ0) is 30.4. The van der Waals surface area contributed by atoms with Crippen LogP contribution >= 0.6 is 23.1 Å². The lowest BCUT2D eigenvalue weighted by Gasteiger charge is -2.59. The first-order valence-electron chi connectivity index (χ1n) is 14.9. The largest absolute Gasteiger partial charge is 0.393 e. The standard InChI is InChI=1S/C32H34F3NO5S2/c1-29-11-9-18(37)13-17(29)7-8-19-20-14-25-32(30(20,2)15-22(38)27(19)29,41-26(40-25)10-12-31(33,34)35)24(39)16-42-28-36-21-5-3-4-6-23(21)43-28/h3-6,9,11,13,19-20,22,25-27,38H,7-8,10,12,14-16H2,1-2H3/t19?,20?,22-,25+,26?,27?,29?,30?,32+/m0/s1. The predicted molar refractivity (Wildman–Crippen MR) is 157 cm³/mol. The van der Waals surface area contributed by atoms with Crippen molar-refractivity contribution in [2.75, 3.05) is 5.75 Å². The van der Waals surface area contributed by atoms with Crippen LogP contribution in [0.2, 0.25) is 0 Å². The van der Waals surface area contributed by atoms with Crippen LogP contribution in [0.4, 0.5) is 13.2 Å². The number of thiazole rings is 1. The van der Waals surface area contributed by atoms with E-state index in [0.717, 1.165) is 26.6 Å². The topological polar surface area (TPSA) is 85.7 Å². The molecule has 2 aromatic rings. The minimum absolute atomic E-state index is 0.0294. The van der Waals surface area contributed by atoms with Crippen LogP contribution in [0.1, 0.15) is 52.4 Å². The molecule has 6 unspecified atom stereocenters. The van der Waals surface area contributed by atoms with Gasteiger partial charge in [-0.15, -0.1) is 11.3 Å². The molecule has 4 aliphatic carbocycles. The van der Waals surface area contributed by atoms with Crippen LogP contribution < -0.4 is 0 Å². The average molecular weight is 634 g/mol. The van der Waals surface area contributed by atoms with Gasteiger partial charge in [-0.1, -0.05) is 49.4 Å². The Balaban J connectivity index is 1.21. The molecule has 11 heteroatoms. The molecule has 0 spiro atoms. The van der Waals surface area contributed by atoms with Crippen molar-refractivity contribution in [2.45, 2.75) is 87.0 Å². The van der Waals surface area contributed by atoms with Gasteiger partial charge in [-0.3, -0.25) is 9.59 Å². The van der Waals surface area contributed by atoms with Crippen LogP contribution in [-0.2, 0) is 19.1 Å². The maximum Gasteiger partial charge on any atom is 0.389 e. The van der Waals surface area contributed by atoms with Gasteiger partial charge in [-0.25, -0.2) is 4.98 Å². The summed E-state index contributed by atoms with van der Waals surface area (Å²) in [5.41, 5.74) is -0.925. The van der Waals surface area contributed by atoms with Crippen LogP contribution in [0.25, 0.3) is 10.2 Å². The van der Waals surface area contributed by atoms with E-state index in [4.69, 9.17) is 9.47 Å². The number of ketones is 2. The Labute approximate surface area is 256 Å². The molecule has 7 rings (SSSR count). The molecule has 5 aliphatic rings. The van der Waals surface area contributed by atoms with Gasteiger partial charge in [-0.05, 0) is 61.8 Å². The Morgan fingerprint density at radius 1 is 1.26 bits per heavy atom. The number of nitrogens with zero attached hydrogens (tertiary/aromatic N) is 1. The van der Waals surface area contributed by atoms with Gasteiger partial charge in [0.15, 0.2) is 27.8 Å². The maximum atomic E-state index is 14.4. The lowest BCUT2D eigenvalue weighted by atomic mass is 9.46. The normalized spacial score (nSPS) is 40.1. The highest BCUT2D eigenvalue weighted by atomic mass is 32.2. The number of carbonyl (C=O) groups excluding carboxylic acids is 2. The summed E-state index contributed by atoms with van der Waals surface area (Å²) in [7, 11) is 0. The second-order valence-electron chi connectivity index (χ2n) is 13.2. The summed E-state index contributed by atoms with van der Waals surface area (Å²) in [5.74, 6) is -0.403. The van der Waals surface area contributed by atoms with E-state index in [1.165, 1.54) is 23.1 Å². The fraction of sp³-hybridized carbons (Fsp3) is 0.594. The molecule has 0 radical (unpaired) electrons. The first-order chi connectivity index (χ1) is 20.3. The number of hydrogen-bond donors (Lipinski definition) is 1. The third kappa shape index (κ3) is 4.59. The highest BCUT2D eigenvalue weighted by Crippen LogP contribution is 2.70. The van der Waals surface area contributed by atoms with E-state index in [-0.39, 0.29) is 47.9 Å². The lowest BCUT2D eigenvalue weighted by Crippen LogP contribution is -2.63. The molecule has 1 aromatic heterocycles. The molecule has 4 fully saturated rings. The summed E-state index contributed by atoms with van der Waals surface area (Å²) in [5, 5.41) is 11.9. The van der Waals surface area contributed by atoms with E-state index < -0.39 is 47.5 Å². The summed E-state index contributed by atoms with van der Waals surface area (Å²) < 4.78 is 53.9. The number of rotatable bonds is 6. The van der Waals surface area contributed by atoms with Gasteiger partial charge in [0.2, 0.25) is 0 Å². The fourth-order valence-corrected chi connectivity index (χ4v) is 11.2. The van der Waals surface area contributed by atoms with Gasteiger partial charge in [0.05, 0.1) is 28.2 Å². The molecule has 2 heterocycles. The molecule has 1 aliphatic heterocycles. The van der Waals surface area contributed by atoms with Crippen molar-refractivity contribution in [1.82, 2.24) is 4.98 Å². The second-order valence-corrected chi connectivity index (χ2v) is 15.4. The average Bonchev–Trinajstić information content (AvgIpc) is 3.60. The molecule has 43 heavy (non-hydrogen) atoms. The molecule has 1 saturated heterocycles. The van der Waals surface area contributed by atoms with Crippen molar-refractivity contribution in [2.24, 2.45) is 28.6 Å². The van der Waals surface area contributed by atoms with Crippen molar-refractivity contribution in [3.8, 4) is 0 Å². The Kier molecular flexibility index (Phi) is 7.06. The smallest absolute Gasteiger partial charge is 0.389 e. The summed E-state index contributed by atoms with van der Waals surface area (Å²) >= 11 is 2.80. The number of carbonyl (C=O) groups is 2. The Morgan fingerprint density at radius 2 is 2.05 bits per heavy atom. The number of para-hydroxylation sites is 1. The van der Waals surface area contributed by atoms with Crippen LogP contribution in [-0.4, -0.2) is 57.7 Å². The molecular weight excluding hydrogens is 599 g/mol. The van der Waals surface area contributed by atoms with Gasteiger partial charge in [0.1, 0.15) is 0 Å². The van der Waals surface area contributed by atoms with Crippen LogP contribution in [0.3, 0.4) is 0 Å². The summed E-state index contributed by atoms with van der Waals surface area (Å²) in [6.45, 7) is 4.05. The number of thioether (sulfide) groups is 1. The first-order valence-corrected chi connectivity index (χ1v) is 16.7. The number of allylic oxidation sites excluding steroid dienone is 4. The zero-order valence-corrected chi connectivity index (χ0v) is 25.6. The monoisotopic (exact) mass is 633 g/mol. The van der Waals surface area contributed by atoms with E-state index in [0.29, 0.717) is 12.8 Å². The van der Waals surface area contributed by atoms with Gasteiger partial charge in [-0.2, -0.15) is 13.2 Å². The number of aliphatic hydroxyl groups is 1. The summed E-state index contributed by atoms with van der Waals surface area (Å²) in [6, 6.07) is 7.72. The molecule has 6 nitrogen and oxygen atoms in total. The van der Waals surface area contributed by atoms with E-state index in [1.54, 1.807) is 12.2 Å². The van der Waals surface area contributed by atoms with E-state index in [2.05, 4.69) is 11.9 Å². The van der Waals surface area contributed by atoms with E-state index in [1.807, 2.05) is 37.3 Å². The van der Waals surface area contributed by atoms with Crippen molar-refractivity contribution in [3.05, 3.63) is 48.1 Å². The lowest BCUT2D eigenvalue weighted by molar-refractivity contribution is -0.204. The second kappa shape index (κ2) is 10.2. The van der Waals surface area contributed by atoms with Gasteiger partial charge in [0, 0.05) is 29.6 Å². The summed E-state index contributed by atoms with van der Waals surface area (Å²) in [4.78, 5) is 31.2. The Bertz CT molecular complexity index is 1510. The number of alkyl halides is 3. The molecule has 230 valence electrons. The minimum Gasteiger partial charge on any atom is -0.393 e. The highest BCUT2D eigenvalue weighted by Gasteiger charge is 2.75. The maximum absolute atomic E-state index is 14.4. The molecule has 0 bridgehead atoms. The van der Waals surface area contributed by atoms with Gasteiger partial charge in [0.25, 0.3) is 0 Å². The zero-order valence-electron chi connectivity index (χ0n) is 23.9. The number of fused-ring (bicyclic) bond motifs is 8. The number of ether oxygens (including phenoxy) is 2. The molecule has 0 amide bonds. The van der Waals surface area contributed by atoms with Crippen LogP contribution in [0.5, 0.6) is 0 Å². The third-order valence-electron chi connectivity index (χ3n) is 11.0. The first kappa shape index (κ1) is 29.6. The molecule has 9 atom stereocenters. The number of benzene rings is 1. The quantitative estimate of drug-likeness (QED) is 0.356. The highest BCUT2D eigenvalue weighted by molar-refractivity contribution is 8.01. The molecule has 1 N–H and O–H groups in total. The Morgan fingerprint density at radius 3 is 2.81 bits per heavy atom. The fourth-order valence-electron chi connectivity index (χ4n) is 9.20. The van der Waals surface area contributed by atoms with Crippen molar-refractivity contribution < 1.29 is 37.3 Å². The summed E-state index contributed by atoms with van der Waals surface area (Å²) in [6.07, 6.45) is -1.08. The molecule has 1 aromatic carbocycles. The van der Waals surface area contributed by atoms with E-state index >= 15 is 0 Å². The van der Waals surface area contributed by atoms with Crippen molar-refractivity contribution in [3.63, 3.8) is 0 Å². The molecule has 3 saturated carbocycles. The number of aromatic nitrogens is 1. The van der Waals surface area contributed by atoms with Gasteiger partial charge >= 0.3 is 6.18 Å². The minimum atomic E-state index is -4.37. The SMILES string of the molecule is CC12C=CC(=O)C=C1CCC1C2[C@@H](O)CC2(C)C1C[C@H]1OC(CCC(F)(F)F)O[C@]12C(=O)CSc1nc2ccccc2s1. The molecular formula is C32H34F3NO5S2. The number of hydrogen-bond acceptors (Lipinski definition) is 8. The predicted octanol–water partition coefficient (Wildman–Crippen LogP) is 6.67. The van der Waals surface area contributed by atoms with Crippen molar-refractivity contribution >= 4 is 44.9 Å². The van der Waals surface area contributed by atoms with Crippen LogP contribution in [0, 0.1) is 28.6 Å². The van der Waals surface area contributed by atoms with E-state index in [9.17, 15) is 27.9 Å². The third-order valence-corrected chi connectivity index (χ3v) is 13.1. The van der Waals surface area contributed by atoms with Crippen molar-refractivity contribution in [1.29, 1.82) is 0 Å². The number of Topliss-reactive ketones (excluding diaryl/α,β-unsaturated/α-hetero) is 1. The Hall–Kier alpha value is -2.05. The number of halogens is 3. The number of aliphatic hydroxyl groups excluding tert-OH is 1. The van der Waals surface area contributed by atoms with Crippen LogP contribution in [0.15, 0.2) is 52.4 Å². The van der Waals surface area contributed by atoms with Gasteiger partial charge < -0.3 is 14.6 Å².